The van der Waals surface area contributed by atoms with Crippen LogP contribution in [0.5, 0.6) is 11.5 Å². The van der Waals surface area contributed by atoms with Gasteiger partial charge >= 0.3 is 0 Å². The number of nitrogens with one attached hydrogen (secondary N) is 1. The Morgan fingerprint density at radius 2 is 1.81 bits per heavy atom. The Balaban J connectivity index is 1.61. The third kappa shape index (κ3) is 4.92. The van der Waals surface area contributed by atoms with Crippen LogP contribution in [0.4, 0.5) is 0 Å². The highest BCUT2D eigenvalue weighted by molar-refractivity contribution is 5.31. The van der Waals surface area contributed by atoms with E-state index in [1.165, 1.54) is 19.3 Å². The average Bonchev–Trinajstić information content (AvgIpc) is 2.51. The predicted molar refractivity (Wildman–Crippen MR) is 87.1 cm³/mol. The van der Waals surface area contributed by atoms with Crippen LogP contribution < -0.4 is 14.8 Å². The lowest BCUT2D eigenvalue weighted by Crippen LogP contribution is -2.41. The molecular formula is C18H29NO2. The maximum absolute atomic E-state index is 5.75. The van der Waals surface area contributed by atoms with Crippen molar-refractivity contribution < 1.29 is 9.47 Å². The maximum atomic E-state index is 5.75. The summed E-state index contributed by atoms with van der Waals surface area (Å²) in [4.78, 5) is 0. The van der Waals surface area contributed by atoms with Gasteiger partial charge in [-0.25, -0.2) is 0 Å². The summed E-state index contributed by atoms with van der Waals surface area (Å²) in [6, 6.07) is 8.46. The molecule has 3 heteroatoms. The molecule has 0 spiro atoms. The van der Waals surface area contributed by atoms with Crippen LogP contribution >= 0.6 is 0 Å². The summed E-state index contributed by atoms with van der Waals surface area (Å²) >= 11 is 0. The van der Waals surface area contributed by atoms with E-state index in [1.807, 2.05) is 24.3 Å². The summed E-state index contributed by atoms with van der Waals surface area (Å²) in [5, 5.41) is 3.71. The first-order valence-corrected chi connectivity index (χ1v) is 8.21. The van der Waals surface area contributed by atoms with Gasteiger partial charge in [-0.2, -0.15) is 0 Å². The van der Waals surface area contributed by atoms with Crippen LogP contribution in [0.25, 0.3) is 0 Å². The molecular weight excluding hydrogens is 262 g/mol. The molecule has 1 aromatic rings. The van der Waals surface area contributed by atoms with Crippen LogP contribution in [-0.2, 0) is 0 Å². The quantitative estimate of drug-likeness (QED) is 0.773. The van der Waals surface area contributed by atoms with Crippen LogP contribution in [0.2, 0.25) is 0 Å². The van der Waals surface area contributed by atoms with E-state index >= 15 is 0 Å². The molecule has 1 saturated carbocycles. The van der Waals surface area contributed by atoms with E-state index in [2.05, 4.69) is 19.2 Å². The van der Waals surface area contributed by atoms with Crippen LogP contribution in [0.1, 0.15) is 39.5 Å². The standard InChI is InChI=1S/C18H29NO2/c1-14-6-4-7-18(15(14)2)19-12-5-13-21-17-10-8-16(20-3)9-11-17/h8-11,14-15,18-19H,4-7,12-13H2,1-3H3. The van der Waals surface area contributed by atoms with Crippen LogP contribution in [0.3, 0.4) is 0 Å². The zero-order valence-corrected chi connectivity index (χ0v) is 13.6. The summed E-state index contributed by atoms with van der Waals surface area (Å²) in [7, 11) is 1.68. The summed E-state index contributed by atoms with van der Waals surface area (Å²) < 4.78 is 10.9. The van der Waals surface area contributed by atoms with Crippen molar-refractivity contribution in [2.45, 2.75) is 45.6 Å². The molecule has 1 fully saturated rings. The van der Waals surface area contributed by atoms with Gasteiger partial charge in [0, 0.05) is 6.04 Å². The molecule has 21 heavy (non-hydrogen) atoms. The van der Waals surface area contributed by atoms with E-state index in [4.69, 9.17) is 9.47 Å². The fourth-order valence-corrected chi connectivity index (χ4v) is 3.09. The second kappa shape index (κ2) is 8.28. The third-order valence-electron chi connectivity index (χ3n) is 4.76. The van der Waals surface area contributed by atoms with E-state index in [-0.39, 0.29) is 0 Å². The molecule has 1 aliphatic carbocycles. The molecule has 2 rings (SSSR count). The van der Waals surface area contributed by atoms with Gasteiger partial charge in [0.2, 0.25) is 0 Å². The lowest BCUT2D eigenvalue weighted by Gasteiger charge is -2.34. The minimum absolute atomic E-state index is 0.690. The summed E-state index contributed by atoms with van der Waals surface area (Å²) in [6.07, 6.45) is 5.12. The Bertz CT molecular complexity index is 404. The first kappa shape index (κ1) is 16.2. The zero-order valence-electron chi connectivity index (χ0n) is 13.6. The van der Waals surface area contributed by atoms with Gasteiger partial charge in [0.15, 0.2) is 0 Å². The van der Waals surface area contributed by atoms with Gasteiger partial charge in [-0.05, 0) is 55.5 Å². The van der Waals surface area contributed by atoms with Crippen LogP contribution in [0, 0.1) is 11.8 Å². The van der Waals surface area contributed by atoms with Crippen molar-refractivity contribution in [3.8, 4) is 11.5 Å². The highest BCUT2D eigenvalue weighted by atomic mass is 16.5. The van der Waals surface area contributed by atoms with Crippen LogP contribution in [-0.4, -0.2) is 26.3 Å². The Morgan fingerprint density at radius 1 is 1.10 bits per heavy atom. The monoisotopic (exact) mass is 291 g/mol. The van der Waals surface area contributed by atoms with Crippen molar-refractivity contribution in [2.75, 3.05) is 20.3 Å². The van der Waals surface area contributed by atoms with E-state index in [0.29, 0.717) is 6.04 Å². The normalized spacial score (nSPS) is 25.6. The van der Waals surface area contributed by atoms with E-state index < -0.39 is 0 Å². The Hall–Kier alpha value is -1.22. The molecule has 118 valence electrons. The third-order valence-corrected chi connectivity index (χ3v) is 4.76. The molecule has 0 aliphatic heterocycles. The molecule has 0 aromatic heterocycles. The molecule has 1 aromatic carbocycles. The SMILES string of the molecule is COc1ccc(OCCCNC2CCCC(C)C2C)cc1. The second-order valence-corrected chi connectivity index (χ2v) is 6.21. The van der Waals surface area contributed by atoms with Gasteiger partial charge < -0.3 is 14.8 Å². The van der Waals surface area contributed by atoms with Gasteiger partial charge in [-0.15, -0.1) is 0 Å². The highest BCUT2D eigenvalue weighted by Gasteiger charge is 2.26. The lowest BCUT2D eigenvalue weighted by atomic mass is 9.78. The minimum atomic E-state index is 0.690. The minimum Gasteiger partial charge on any atom is -0.497 e. The molecule has 0 saturated heterocycles. The fraction of sp³-hybridized carbons (Fsp3) is 0.667. The number of methoxy groups -OCH3 is 1. The van der Waals surface area contributed by atoms with Gasteiger partial charge in [0.25, 0.3) is 0 Å². The number of benzene rings is 1. The van der Waals surface area contributed by atoms with Gasteiger partial charge in [-0.1, -0.05) is 26.7 Å². The van der Waals surface area contributed by atoms with Crippen molar-refractivity contribution in [3.63, 3.8) is 0 Å². The molecule has 1 aliphatic rings. The molecule has 3 unspecified atom stereocenters. The smallest absolute Gasteiger partial charge is 0.119 e. The van der Waals surface area contributed by atoms with Crippen molar-refractivity contribution in [1.29, 1.82) is 0 Å². The second-order valence-electron chi connectivity index (χ2n) is 6.21. The van der Waals surface area contributed by atoms with Gasteiger partial charge in [-0.3, -0.25) is 0 Å². The topological polar surface area (TPSA) is 30.5 Å². The number of hydrogen-bond donors (Lipinski definition) is 1. The zero-order chi connectivity index (χ0) is 15.1. The van der Waals surface area contributed by atoms with Gasteiger partial charge in [0.05, 0.1) is 13.7 Å². The van der Waals surface area contributed by atoms with Crippen molar-refractivity contribution in [2.24, 2.45) is 11.8 Å². The molecule has 0 amide bonds. The summed E-state index contributed by atoms with van der Waals surface area (Å²) in [5.41, 5.74) is 0. The predicted octanol–water partition coefficient (Wildman–Crippen LogP) is 3.88. The lowest BCUT2D eigenvalue weighted by molar-refractivity contribution is 0.203. The van der Waals surface area contributed by atoms with E-state index in [1.54, 1.807) is 7.11 Å². The maximum Gasteiger partial charge on any atom is 0.119 e. The number of hydrogen-bond acceptors (Lipinski definition) is 3. The molecule has 3 atom stereocenters. The molecule has 3 nitrogen and oxygen atoms in total. The summed E-state index contributed by atoms with van der Waals surface area (Å²) in [6.45, 7) is 6.56. The summed E-state index contributed by atoms with van der Waals surface area (Å²) in [5.74, 6) is 3.42. The fourth-order valence-electron chi connectivity index (χ4n) is 3.09. The van der Waals surface area contributed by atoms with Crippen LogP contribution in [0.15, 0.2) is 24.3 Å². The van der Waals surface area contributed by atoms with E-state index in [9.17, 15) is 0 Å². The van der Waals surface area contributed by atoms with Gasteiger partial charge in [0.1, 0.15) is 11.5 Å². The molecule has 0 heterocycles. The first-order chi connectivity index (χ1) is 10.2. The molecule has 0 bridgehead atoms. The number of ether oxygens (including phenoxy) is 2. The molecule has 0 radical (unpaired) electrons. The number of rotatable bonds is 7. The Labute approximate surface area is 129 Å². The Morgan fingerprint density at radius 3 is 2.52 bits per heavy atom. The van der Waals surface area contributed by atoms with Crippen molar-refractivity contribution in [3.05, 3.63) is 24.3 Å². The average molecular weight is 291 g/mol. The van der Waals surface area contributed by atoms with Crippen molar-refractivity contribution >= 4 is 0 Å². The molecule has 1 N–H and O–H groups in total. The Kier molecular flexibility index (Phi) is 6.37. The van der Waals surface area contributed by atoms with Crippen molar-refractivity contribution in [1.82, 2.24) is 5.32 Å². The first-order valence-electron chi connectivity index (χ1n) is 8.21. The largest absolute Gasteiger partial charge is 0.497 e. The highest BCUT2D eigenvalue weighted by Crippen LogP contribution is 2.29. The van der Waals surface area contributed by atoms with E-state index in [0.717, 1.165) is 42.9 Å².